The van der Waals surface area contributed by atoms with E-state index >= 15 is 0 Å². The molecule has 2 aliphatic heterocycles. The first-order valence-corrected chi connectivity index (χ1v) is 12.5. The first kappa shape index (κ1) is 24.2. The van der Waals surface area contributed by atoms with E-state index in [2.05, 4.69) is 20.8 Å². The number of hydrogen-bond acceptors (Lipinski definition) is 7. The molecule has 7 atom stereocenters. The van der Waals surface area contributed by atoms with Gasteiger partial charge in [-0.2, -0.15) is 0 Å². The van der Waals surface area contributed by atoms with E-state index in [1.54, 1.807) is 13.8 Å². The van der Waals surface area contributed by atoms with Crippen LogP contribution in [0.3, 0.4) is 0 Å². The number of rotatable bonds is 6. The third-order valence-corrected chi connectivity index (χ3v) is 9.09. The quantitative estimate of drug-likeness (QED) is 0.433. The number of ether oxygens (including phenoxy) is 4. The third kappa shape index (κ3) is 4.00. The maximum atomic E-state index is 12.3. The fraction of sp³-hybridized carbons (Fsp3) is 0.808. The van der Waals surface area contributed by atoms with Crippen LogP contribution in [0.25, 0.3) is 0 Å². The van der Waals surface area contributed by atoms with Gasteiger partial charge in [-0.15, -0.1) is 0 Å². The van der Waals surface area contributed by atoms with Crippen LogP contribution in [-0.2, 0) is 33.3 Å². The molecule has 0 spiro atoms. The predicted octanol–water partition coefficient (Wildman–Crippen LogP) is 4.12. The Morgan fingerprint density at radius 1 is 1.06 bits per heavy atom. The van der Waals surface area contributed by atoms with Gasteiger partial charge in [-0.05, 0) is 62.4 Å². The van der Waals surface area contributed by atoms with Crippen LogP contribution in [0.4, 0.5) is 0 Å². The molecule has 1 saturated heterocycles. The second-order valence-corrected chi connectivity index (χ2v) is 11.0. The molecule has 1 unspecified atom stereocenters. The Morgan fingerprint density at radius 2 is 1.79 bits per heavy atom. The Labute approximate surface area is 196 Å². The van der Waals surface area contributed by atoms with Gasteiger partial charge < -0.3 is 18.9 Å². The zero-order valence-electron chi connectivity index (χ0n) is 20.6. The maximum absolute atomic E-state index is 12.3. The molecule has 0 N–H and O–H groups in total. The van der Waals surface area contributed by atoms with Crippen LogP contribution in [0.2, 0.25) is 0 Å². The van der Waals surface area contributed by atoms with Crippen molar-refractivity contribution in [2.75, 3.05) is 13.2 Å². The van der Waals surface area contributed by atoms with Gasteiger partial charge in [0.25, 0.3) is 0 Å². The van der Waals surface area contributed by atoms with Gasteiger partial charge in [0, 0.05) is 18.3 Å². The molecule has 7 nitrogen and oxygen atoms in total. The van der Waals surface area contributed by atoms with Crippen LogP contribution >= 0.6 is 0 Å². The lowest BCUT2D eigenvalue weighted by Gasteiger charge is -2.62. The molecule has 0 radical (unpaired) electrons. The van der Waals surface area contributed by atoms with E-state index in [1.165, 1.54) is 0 Å². The second-order valence-electron chi connectivity index (χ2n) is 11.0. The minimum Gasteiger partial charge on any atom is -0.465 e. The highest BCUT2D eigenvalue weighted by Crippen LogP contribution is 2.66. The van der Waals surface area contributed by atoms with Gasteiger partial charge in [-0.25, -0.2) is 4.79 Å². The Bertz CT molecular complexity index is 850. The molecule has 0 amide bonds. The minimum absolute atomic E-state index is 0.0900. The Balaban J connectivity index is 1.64. The average molecular weight is 463 g/mol. The normalized spacial score (nSPS) is 42.1. The van der Waals surface area contributed by atoms with Gasteiger partial charge >= 0.3 is 17.9 Å². The van der Waals surface area contributed by atoms with Crippen molar-refractivity contribution in [1.29, 1.82) is 0 Å². The van der Waals surface area contributed by atoms with Crippen molar-refractivity contribution in [3.05, 3.63) is 11.6 Å². The SMILES string of the molecule is CCC(=O)OC[C@@]1(C)[C@H]2CC[C@@]3(C)OC(C4=CCOC4=O)C[C@H]3[C@]2(C)CC[C@H]1OC(=O)CC. The summed E-state index contributed by atoms with van der Waals surface area (Å²) in [6.45, 7) is 10.8. The number of fused-ring (bicyclic) bond motifs is 3. The van der Waals surface area contributed by atoms with E-state index in [-0.39, 0.29) is 59.6 Å². The molecular weight excluding hydrogens is 424 g/mol. The molecule has 3 fully saturated rings. The molecule has 33 heavy (non-hydrogen) atoms. The van der Waals surface area contributed by atoms with Gasteiger partial charge in [0.05, 0.1) is 17.3 Å². The molecule has 2 saturated carbocycles. The molecule has 0 bridgehead atoms. The van der Waals surface area contributed by atoms with Gasteiger partial charge in [0.1, 0.15) is 19.3 Å². The summed E-state index contributed by atoms with van der Waals surface area (Å²) in [5, 5.41) is 0. The van der Waals surface area contributed by atoms with E-state index < -0.39 is 5.41 Å². The van der Waals surface area contributed by atoms with E-state index in [1.807, 2.05) is 6.08 Å². The molecule has 0 aromatic rings. The first-order valence-electron chi connectivity index (χ1n) is 12.5. The molecule has 184 valence electrons. The van der Waals surface area contributed by atoms with E-state index in [9.17, 15) is 14.4 Å². The second kappa shape index (κ2) is 8.71. The summed E-state index contributed by atoms with van der Waals surface area (Å²) < 4.78 is 23.4. The summed E-state index contributed by atoms with van der Waals surface area (Å²) in [5.74, 6) is -0.278. The van der Waals surface area contributed by atoms with Crippen LogP contribution in [-0.4, -0.2) is 48.9 Å². The summed E-state index contributed by atoms with van der Waals surface area (Å²) in [5.41, 5.74) is -0.245. The van der Waals surface area contributed by atoms with Crippen molar-refractivity contribution in [2.24, 2.45) is 22.7 Å². The van der Waals surface area contributed by atoms with Crippen molar-refractivity contribution >= 4 is 17.9 Å². The number of hydrogen-bond donors (Lipinski definition) is 0. The maximum Gasteiger partial charge on any atom is 0.336 e. The largest absolute Gasteiger partial charge is 0.465 e. The number of cyclic esters (lactones) is 1. The smallest absolute Gasteiger partial charge is 0.336 e. The monoisotopic (exact) mass is 462 g/mol. The lowest BCUT2D eigenvalue weighted by Crippen LogP contribution is -2.62. The number of carbonyl (C=O) groups is 3. The highest BCUT2D eigenvalue weighted by molar-refractivity contribution is 5.91. The Kier molecular flexibility index (Phi) is 6.40. The van der Waals surface area contributed by atoms with Gasteiger partial charge in [0.15, 0.2) is 0 Å². The van der Waals surface area contributed by atoms with Crippen LogP contribution in [0.1, 0.15) is 79.6 Å². The molecular formula is C26H38O7. The molecule has 0 aromatic heterocycles. The van der Waals surface area contributed by atoms with Crippen LogP contribution in [0.5, 0.6) is 0 Å². The fourth-order valence-corrected chi connectivity index (χ4v) is 7.34. The summed E-state index contributed by atoms with van der Waals surface area (Å²) in [6.07, 6.45) is 6.09. The predicted molar refractivity (Wildman–Crippen MR) is 120 cm³/mol. The van der Waals surface area contributed by atoms with Gasteiger partial charge in [-0.3, -0.25) is 9.59 Å². The zero-order chi connectivity index (χ0) is 24.0. The summed E-state index contributed by atoms with van der Waals surface area (Å²) >= 11 is 0. The fourth-order valence-electron chi connectivity index (χ4n) is 7.34. The molecule has 2 heterocycles. The minimum atomic E-state index is -0.479. The summed E-state index contributed by atoms with van der Waals surface area (Å²) in [6, 6.07) is 0. The number of carbonyl (C=O) groups excluding carboxylic acids is 3. The zero-order valence-corrected chi connectivity index (χ0v) is 20.6. The van der Waals surface area contributed by atoms with Crippen molar-refractivity contribution in [2.45, 2.75) is 97.4 Å². The van der Waals surface area contributed by atoms with Gasteiger partial charge in [0.2, 0.25) is 0 Å². The van der Waals surface area contributed by atoms with Crippen molar-refractivity contribution < 1.29 is 33.3 Å². The molecule has 0 aromatic carbocycles. The average Bonchev–Trinajstić information content (AvgIpc) is 3.37. The van der Waals surface area contributed by atoms with E-state index in [0.29, 0.717) is 25.0 Å². The highest BCUT2D eigenvalue weighted by Gasteiger charge is 2.66. The molecule has 4 aliphatic rings. The lowest BCUT2D eigenvalue weighted by molar-refractivity contribution is -0.214. The van der Waals surface area contributed by atoms with Crippen molar-refractivity contribution in [3.8, 4) is 0 Å². The Morgan fingerprint density at radius 3 is 2.42 bits per heavy atom. The standard InChI is InChI=1S/C26H38O7/c1-6-21(27)31-15-25(4)18-8-12-26(5)19(14-17(33-26)16-10-13-30-23(16)29)24(18,3)11-9-20(25)32-22(28)7-2/h10,17-20H,6-9,11-15H2,1-5H3/t17?,18-,19-,20+,24+,25-,26+/m0/s1. The summed E-state index contributed by atoms with van der Waals surface area (Å²) in [7, 11) is 0. The topological polar surface area (TPSA) is 88.1 Å². The Hall–Kier alpha value is -1.89. The van der Waals surface area contributed by atoms with Crippen molar-refractivity contribution in [3.63, 3.8) is 0 Å². The van der Waals surface area contributed by atoms with Crippen LogP contribution in [0.15, 0.2) is 11.6 Å². The van der Waals surface area contributed by atoms with E-state index in [4.69, 9.17) is 18.9 Å². The lowest BCUT2D eigenvalue weighted by atomic mass is 9.44. The van der Waals surface area contributed by atoms with Crippen LogP contribution < -0.4 is 0 Å². The summed E-state index contributed by atoms with van der Waals surface area (Å²) in [4.78, 5) is 36.6. The van der Waals surface area contributed by atoms with E-state index in [0.717, 1.165) is 32.1 Å². The first-order chi connectivity index (χ1) is 15.6. The molecule has 7 heteroatoms. The van der Waals surface area contributed by atoms with Crippen molar-refractivity contribution in [1.82, 2.24) is 0 Å². The molecule has 2 aliphatic carbocycles. The number of esters is 3. The third-order valence-electron chi connectivity index (χ3n) is 9.09. The highest BCUT2D eigenvalue weighted by atomic mass is 16.6. The van der Waals surface area contributed by atoms with Crippen LogP contribution in [0, 0.1) is 22.7 Å². The molecule has 4 rings (SSSR count). The van der Waals surface area contributed by atoms with Gasteiger partial charge in [-0.1, -0.05) is 27.7 Å².